The number of aromatic nitrogens is 2. The molecule has 0 spiro atoms. The number of imidazole rings is 1. The van der Waals surface area contributed by atoms with Crippen LogP contribution in [0.25, 0.3) is 0 Å². The van der Waals surface area contributed by atoms with E-state index < -0.39 is 6.04 Å². The molecule has 1 heterocycles. The number of rotatable bonds is 7. The molecule has 1 aromatic heterocycles. The molecule has 29 heavy (non-hydrogen) atoms. The van der Waals surface area contributed by atoms with Gasteiger partial charge in [0.25, 0.3) is 0 Å². The number of hydrogen-bond donors (Lipinski definition) is 2. The quantitative estimate of drug-likeness (QED) is 0.650. The third kappa shape index (κ3) is 5.31. The van der Waals surface area contributed by atoms with E-state index in [1.54, 1.807) is 6.20 Å². The fourth-order valence-electron chi connectivity index (χ4n) is 3.30. The van der Waals surface area contributed by atoms with Gasteiger partial charge in [-0.2, -0.15) is 0 Å². The average Bonchev–Trinajstić information content (AvgIpc) is 3.12. The van der Waals surface area contributed by atoms with Crippen molar-refractivity contribution < 1.29 is 9.59 Å². The third-order valence-electron chi connectivity index (χ3n) is 4.80. The summed E-state index contributed by atoms with van der Waals surface area (Å²) in [4.78, 5) is 29.1. The zero-order valence-corrected chi connectivity index (χ0v) is 16.9. The van der Waals surface area contributed by atoms with E-state index in [-0.39, 0.29) is 24.3 Å². The Labute approximate surface area is 171 Å². The number of carbonyl (C=O) groups is 2. The number of nitrogens with one attached hydrogen (secondary N) is 2. The van der Waals surface area contributed by atoms with Crippen LogP contribution in [0.2, 0.25) is 0 Å². The van der Waals surface area contributed by atoms with E-state index in [2.05, 4.69) is 15.6 Å². The van der Waals surface area contributed by atoms with Crippen LogP contribution in [0.15, 0.2) is 67.0 Å². The third-order valence-corrected chi connectivity index (χ3v) is 4.80. The van der Waals surface area contributed by atoms with E-state index in [1.165, 1.54) is 6.92 Å². The van der Waals surface area contributed by atoms with Gasteiger partial charge in [0.1, 0.15) is 11.9 Å². The molecule has 6 heteroatoms. The highest BCUT2D eigenvalue weighted by molar-refractivity contribution is 5.79. The number of benzene rings is 2. The van der Waals surface area contributed by atoms with Gasteiger partial charge in [0.15, 0.2) is 0 Å². The molecule has 0 radical (unpaired) electrons. The number of amides is 2. The molecule has 0 fully saturated rings. The van der Waals surface area contributed by atoms with Gasteiger partial charge in [0.2, 0.25) is 11.8 Å². The zero-order valence-electron chi connectivity index (χ0n) is 16.9. The molecule has 0 aliphatic carbocycles. The number of carbonyl (C=O) groups excluding carboxylic acids is 2. The minimum Gasteiger partial charge on any atom is -0.349 e. The Kier molecular flexibility index (Phi) is 6.44. The summed E-state index contributed by atoms with van der Waals surface area (Å²) in [6.07, 6.45) is 3.70. The Morgan fingerprint density at radius 1 is 1.00 bits per heavy atom. The van der Waals surface area contributed by atoms with E-state index >= 15 is 0 Å². The predicted octanol–water partition coefficient (Wildman–Crippen LogP) is 3.20. The van der Waals surface area contributed by atoms with E-state index in [9.17, 15) is 9.59 Å². The largest absolute Gasteiger partial charge is 0.349 e. The molecule has 0 saturated carbocycles. The Hall–Kier alpha value is -3.41. The summed E-state index contributed by atoms with van der Waals surface area (Å²) < 4.78 is 1.89. The number of hydrogen-bond acceptors (Lipinski definition) is 3. The second kappa shape index (κ2) is 9.19. The molecule has 2 amide bonds. The zero-order chi connectivity index (χ0) is 20.8. The maximum absolute atomic E-state index is 13.0. The van der Waals surface area contributed by atoms with Gasteiger partial charge in [-0.3, -0.25) is 9.59 Å². The number of aryl methyl sites for hydroxylation is 2. The minimum atomic E-state index is -0.397. The molecule has 0 saturated heterocycles. The predicted molar refractivity (Wildman–Crippen MR) is 112 cm³/mol. The van der Waals surface area contributed by atoms with Crippen LogP contribution in [0.1, 0.15) is 47.9 Å². The molecule has 2 unspecified atom stereocenters. The molecule has 2 N–H and O–H groups in total. The lowest BCUT2D eigenvalue weighted by atomic mass is 10.0. The summed E-state index contributed by atoms with van der Waals surface area (Å²) >= 11 is 0. The summed E-state index contributed by atoms with van der Waals surface area (Å²) in [7, 11) is 1.90. The van der Waals surface area contributed by atoms with Crippen molar-refractivity contribution in [3.05, 3.63) is 89.5 Å². The van der Waals surface area contributed by atoms with Crippen molar-refractivity contribution >= 4 is 11.8 Å². The summed E-state index contributed by atoms with van der Waals surface area (Å²) in [5.74, 6) is 0.407. The van der Waals surface area contributed by atoms with Crippen LogP contribution in [-0.4, -0.2) is 21.4 Å². The highest BCUT2D eigenvalue weighted by Gasteiger charge is 2.23. The molecule has 0 bridgehead atoms. The summed E-state index contributed by atoms with van der Waals surface area (Å²) in [6.45, 7) is 3.46. The number of nitrogens with zero attached hydrogens (tertiary/aromatic N) is 2. The van der Waals surface area contributed by atoms with E-state index in [1.807, 2.05) is 79.3 Å². The van der Waals surface area contributed by atoms with Crippen molar-refractivity contribution in [2.75, 3.05) is 0 Å². The van der Waals surface area contributed by atoms with Gasteiger partial charge >= 0.3 is 0 Å². The summed E-state index contributed by atoms with van der Waals surface area (Å²) in [6, 6.07) is 16.8. The van der Waals surface area contributed by atoms with Crippen LogP contribution < -0.4 is 10.6 Å². The lowest BCUT2D eigenvalue weighted by molar-refractivity contribution is -0.123. The topological polar surface area (TPSA) is 76.0 Å². The first-order valence-corrected chi connectivity index (χ1v) is 9.59. The molecule has 2 atom stereocenters. The van der Waals surface area contributed by atoms with Crippen molar-refractivity contribution in [3.8, 4) is 0 Å². The van der Waals surface area contributed by atoms with Gasteiger partial charge in [0.05, 0.1) is 12.5 Å². The minimum absolute atomic E-state index is 0.135. The van der Waals surface area contributed by atoms with Gasteiger partial charge in [-0.05, 0) is 18.1 Å². The molecule has 0 aliphatic rings. The Morgan fingerprint density at radius 3 is 2.28 bits per heavy atom. The smallest absolute Gasteiger partial charge is 0.223 e. The molecule has 150 valence electrons. The van der Waals surface area contributed by atoms with Crippen LogP contribution in [0.3, 0.4) is 0 Å². The second-order valence-electron chi connectivity index (χ2n) is 7.18. The first-order valence-electron chi connectivity index (χ1n) is 9.59. The molecule has 0 aliphatic heterocycles. The van der Waals surface area contributed by atoms with Crippen LogP contribution in [0, 0.1) is 6.92 Å². The van der Waals surface area contributed by atoms with Crippen LogP contribution in [0.5, 0.6) is 0 Å². The summed E-state index contributed by atoms with van der Waals surface area (Å²) in [5.41, 5.74) is 2.97. The molecule has 2 aromatic carbocycles. The standard InChI is InChI=1S/C23H26N4O2/c1-16-9-11-18(12-10-16)20(25-17(2)28)15-21(29)26-22(19-7-5-4-6-8-19)23-24-13-14-27(23)3/h4-14,20,22H,15H2,1-3H3,(H,25,28)(H,26,29). The molecule has 3 rings (SSSR count). The lowest BCUT2D eigenvalue weighted by Gasteiger charge is -2.22. The van der Waals surface area contributed by atoms with Gasteiger partial charge in [-0.1, -0.05) is 60.2 Å². The molecule has 6 nitrogen and oxygen atoms in total. The fourth-order valence-corrected chi connectivity index (χ4v) is 3.30. The fraction of sp³-hybridized carbons (Fsp3) is 0.261. The highest BCUT2D eigenvalue weighted by Crippen LogP contribution is 2.22. The van der Waals surface area contributed by atoms with Crippen LogP contribution in [-0.2, 0) is 16.6 Å². The van der Waals surface area contributed by atoms with Gasteiger partial charge < -0.3 is 15.2 Å². The van der Waals surface area contributed by atoms with Gasteiger partial charge in [0, 0.05) is 26.4 Å². The second-order valence-corrected chi connectivity index (χ2v) is 7.18. The van der Waals surface area contributed by atoms with E-state index in [0.717, 1.165) is 22.5 Å². The highest BCUT2D eigenvalue weighted by atomic mass is 16.2. The Bertz CT molecular complexity index is 964. The normalized spacial score (nSPS) is 12.8. The lowest BCUT2D eigenvalue weighted by Crippen LogP contribution is -2.35. The van der Waals surface area contributed by atoms with Crippen molar-refractivity contribution in [2.45, 2.75) is 32.4 Å². The van der Waals surface area contributed by atoms with Gasteiger partial charge in [-0.25, -0.2) is 4.98 Å². The van der Waals surface area contributed by atoms with E-state index in [4.69, 9.17) is 0 Å². The SMILES string of the molecule is CC(=O)NC(CC(=O)NC(c1ccccc1)c1nccn1C)c1ccc(C)cc1. The van der Waals surface area contributed by atoms with Crippen molar-refractivity contribution in [1.82, 2.24) is 20.2 Å². The summed E-state index contributed by atoms with van der Waals surface area (Å²) in [5, 5.41) is 5.97. The monoisotopic (exact) mass is 390 g/mol. The van der Waals surface area contributed by atoms with Crippen molar-refractivity contribution in [1.29, 1.82) is 0 Å². The van der Waals surface area contributed by atoms with Crippen LogP contribution >= 0.6 is 0 Å². The van der Waals surface area contributed by atoms with Crippen molar-refractivity contribution in [2.24, 2.45) is 7.05 Å². The Morgan fingerprint density at radius 2 is 1.69 bits per heavy atom. The molecular formula is C23H26N4O2. The van der Waals surface area contributed by atoms with Crippen LogP contribution in [0.4, 0.5) is 0 Å². The molecule has 3 aromatic rings. The molecular weight excluding hydrogens is 364 g/mol. The van der Waals surface area contributed by atoms with Crippen molar-refractivity contribution in [3.63, 3.8) is 0 Å². The maximum atomic E-state index is 13.0. The van der Waals surface area contributed by atoms with Gasteiger partial charge in [-0.15, -0.1) is 0 Å². The first kappa shape index (κ1) is 20.3. The van der Waals surface area contributed by atoms with E-state index in [0.29, 0.717) is 0 Å². The Balaban J connectivity index is 1.81. The first-order chi connectivity index (χ1) is 13.9. The maximum Gasteiger partial charge on any atom is 0.223 e. The average molecular weight is 390 g/mol.